The summed E-state index contributed by atoms with van der Waals surface area (Å²) in [5, 5.41) is 3.91. The molecule has 7 nitrogen and oxygen atoms in total. The van der Waals surface area contributed by atoms with Crippen LogP contribution in [-0.2, 0) is 4.79 Å². The number of carbonyl (C=O) groups is 2. The van der Waals surface area contributed by atoms with E-state index in [0.29, 0.717) is 36.9 Å². The number of piperazine rings is 1. The van der Waals surface area contributed by atoms with Crippen LogP contribution in [0.4, 0.5) is 0 Å². The first-order valence-corrected chi connectivity index (χ1v) is 8.66. The van der Waals surface area contributed by atoms with Crippen LogP contribution in [0, 0.1) is 6.92 Å². The lowest BCUT2D eigenvalue weighted by atomic mass is 10.0. The van der Waals surface area contributed by atoms with E-state index in [1.54, 1.807) is 24.0 Å². The summed E-state index contributed by atoms with van der Waals surface area (Å²) in [7, 11) is 0. The quantitative estimate of drug-likeness (QED) is 0.790. The predicted molar refractivity (Wildman–Crippen MR) is 94.2 cm³/mol. The summed E-state index contributed by atoms with van der Waals surface area (Å²) in [6.07, 6.45) is 3.18. The molecule has 1 aromatic heterocycles. The number of rotatable bonds is 3. The van der Waals surface area contributed by atoms with Gasteiger partial charge in [-0.05, 0) is 31.1 Å². The van der Waals surface area contributed by atoms with Crippen molar-refractivity contribution in [3.05, 3.63) is 48.4 Å². The van der Waals surface area contributed by atoms with Crippen molar-refractivity contribution in [1.82, 2.24) is 19.9 Å². The molecule has 134 valence electrons. The van der Waals surface area contributed by atoms with Crippen molar-refractivity contribution in [1.29, 1.82) is 0 Å². The number of aryl methyl sites for hydroxylation is 1. The van der Waals surface area contributed by atoms with E-state index in [9.17, 15) is 9.59 Å². The van der Waals surface area contributed by atoms with Crippen LogP contribution in [0.5, 0.6) is 0 Å². The summed E-state index contributed by atoms with van der Waals surface area (Å²) < 4.78 is 5.02. The molecule has 0 bridgehead atoms. The van der Waals surface area contributed by atoms with Crippen LogP contribution in [0.3, 0.4) is 0 Å². The summed E-state index contributed by atoms with van der Waals surface area (Å²) in [6.45, 7) is 6.92. The third kappa shape index (κ3) is 2.79. The van der Waals surface area contributed by atoms with Crippen LogP contribution in [-0.4, -0.2) is 56.9 Å². The third-order valence-electron chi connectivity index (χ3n) is 5.11. The average Bonchev–Trinajstić information content (AvgIpc) is 3.28. The van der Waals surface area contributed by atoms with Crippen molar-refractivity contribution in [2.24, 2.45) is 0 Å². The fourth-order valence-corrected chi connectivity index (χ4v) is 3.55. The van der Waals surface area contributed by atoms with Crippen LogP contribution < -0.4 is 0 Å². The fourth-order valence-electron chi connectivity index (χ4n) is 3.55. The van der Waals surface area contributed by atoms with Gasteiger partial charge in [0.05, 0.1) is 5.54 Å². The molecule has 1 aliphatic carbocycles. The minimum atomic E-state index is -0.229. The SMILES string of the molecule is C=CC(=O)N1CCN(C(=O)c2cccc(-c3noc(C)n3)c2)C2(CC2)C1. The fraction of sp³-hybridized carbons (Fsp3) is 0.368. The van der Waals surface area contributed by atoms with E-state index in [1.807, 2.05) is 17.0 Å². The van der Waals surface area contributed by atoms with Gasteiger partial charge in [0.25, 0.3) is 5.91 Å². The normalized spacial score (nSPS) is 18.0. The maximum atomic E-state index is 13.1. The van der Waals surface area contributed by atoms with E-state index in [4.69, 9.17) is 4.52 Å². The molecule has 1 aromatic carbocycles. The highest BCUT2D eigenvalue weighted by Gasteiger charge is 2.53. The molecule has 1 spiro atoms. The van der Waals surface area contributed by atoms with Gasteiger partial charge in [0.2, 0.25) is 17.6 Å². The predicted octanol–water partition coefficient (Wildman–Crippen LogP) is 2.05. The van der Waals surface area contributed by atoms with Gasteiger partial charge in [-0.25, -0.2) is 0 Å². The van der Waals surface area contributed by atoms with Crippen molar-refractivity contribution in [2.75, 3.05) is 19.6 Å². The van der Waals surface area contributed by atoms with E-state index >= 15 is 0 Å². The van der Waals surface area contributed by atoms with Crippen molar-refractivity contribution in [2.45, 2.75) is 25.3 Å². The van der Waals surface area contributed by atoms with E-state index in [-0.39, 0.29) is 17.4 Å². The zero-order valence-corrected chi connectivity index (χ0v) is 14.6. The van der Waals surface area contributed by atoms with Crippen molar-refractivity contribution in [3.8, 4) is 11.4 Å². The standard InChI is InChI=1S/C19H20N4O3/c1-3-16(24)22-9-10-23(19(12-22)7-8-19)18(25)15-6-4-5-14(11-15)17-20-13(2)26-21-17/h3-6,11H,1,7-10,12H2,2H3. The van der Waals surface area contributed by atoms with Crippen LogP contribution in [0.15, 0.2) is 41.4 Å². The molecule has 2 aromatic rings. The molecule has 0 N–H and O–H groups in total. The number of hydrogen-bond acceptors (Lipinski definition) is 5. The maximum Gasteiger partial charge on any atom is 0.254 e. The van der Waals surface area contributed by atoms with Crippen LogP contribution in [0.1, 0.15) is 29.1 Å². The molecule has 4 rings (SSSR count). The average molecular weight is 352 g/mol. The van der Waals surface area contributed by atoms with Gasteiger partial charge >= 0.3 is 0 Å². The lowest BCUT2D eigenvalue weighted by Gasteiger charge is -2.42. The molecule has 0 atom stereocenters. The smallest absolute Gasteiger partial charge is 0.254 e. The second kappa shape index (κ2) is 6.09. The second-order valence-corrected chi connectivity index (χ2v) is 6.86. The van der Waals surface area contributed by atoms with Crippen molar-refractivity contribution in [3.63, 3.8) is 0 Å². The van der Waals surface area contributed by atoms with Gasteiger partial charge in [-0.15, -0.1) is 0 Å². The van der Waals surface area contributed by atoms with Gasteiger partial charge in [-0.1, -0.05) is 23.9 Å². The molecule has 7 heteroatoms. The maximum absolute atomic E-state index is 13.1. The van der Waals surface area contributed by atoms with Crippen LogP contribution in [0.2, 0.25) is 0 Å². The Labute approximate surface area is 151 Å². The Hall–Kier alpha value is -2.96. The van der Waals surface area contributed by atoms with Crippen LogP contribution in [0.25, 0.3) is 11.4 Å². The first-order chi connectivity index (χ1) is 12.5. The largest absolute Gasteiger partial charge is 0.339 e. The Bertz CT molecular complexity index is 884. The van der Waals surface area contributed by atoms with E-state index in [0.717, 1.165) is 18.4 Å². The Morgan fingerprint density at radius 3 is 2.77 bits per heavy atom. The molecule has 1 saturated heterocycles. The molecular formula is C19H20N4O3. The molecule has 2 heterocycles. The Morgan fingerprint density at radius 2 is 2.12 bits per heavy atom. The topological polar surface area (TPSA) is 79.5 Å². The molecule has 0 unspecified atom stereocenters. The highest BCUT2D eigenvalue weighted by molar-refractivity contribution is 5.96. The van der Waals surface area contributed by atoms with E-state index in [2.05, 4.69) is 16.7 Å². The molecule has 2 fully saturated rings. The van der Waals surface area contributed by atoms with Gasteiger partial charge in [-0.2, -0.15) is 4.98 Å². The lowest BCUT2D eigenvalue weighted by molar-refractivity contribution is -0.129. The van der Waals surface area contributed by atoms with Crippen LogP contribution >= 0.6 is 0 Å². The van der Waals surface area contributed by atoms with Gasteiger partial charge < -0.3 is 14.3 Å². The van der Waals surface area contributed by atoms with Crippen molar-refractivity contribution < 1.29 is 14.1 Å². The number of benzene rings is 1. The molecule has 26 heavy (non-hydrogen) atoms. The highest BCUT2D eigenvalue weighted by Crippen LogP contribution is 2.45. The first kappa shape index (κ1) is 16.5. The summed E-state index contributed by atoms with van der Waals surface area (Å²) in [4.78, 5) is 33.0. The molecule has 0 radical (unpaired) electrons. The highest BCUT2D eigenvalue weighted by atomic mass is 16.5. The Kier molecular flexibility index (Phi) is 3.86. The molecule has 1 saturated carbocycles. The van der Waals surface area contributed by atoms with Gasteiger partial charge in [0.1, 0.15) is 0 Å². The number of carbonyl (C=O) groups excluding carboxylic acids is 2. The summed E-state index contributed by atoms with van der Waals surface area (Å²) in [5.41, 5.74) is 1.12. The number of aromatic nitrogens is 2. The van der Waals surface area contributed by atoms with Crippen molar-refractivity contribution >= 4 is 11.8 Å². The molecular weight excluding hydrogens is 332 g/mol. The molecule has 2 aliphatic rings. The second-order valence-electron chi connectivity index (χ2n) is 6.86. The lowest BCUT2D eigenvalue weighted by Crippen LogP contribution is -2.58. The first-order valence-electron chi connectivity index (χ1n) is 8.66. The summed E-state index contributed by atoms with van der Waals surface area (Å²) in [6, 6.07) is 7.28. The van der Waals surface area contributed by atoms with Gasteiger partial charge in [0, 0.05) is 37.7 Å². The zero-order valence-electron chi connectivity index (χ0n) is 14.6. The molecule has 2 amide bonds. The minimum absolute atomic E-state index is 0.0183. The Balaban J connectivity index is 1.57. The minimum Gasteiger partial charge on any atom is -0.339 e. The number of nitrogens with zero attached hydrogens (tertiary/aromatic N) is 4. The third-order valence-corrected chi connectivity index (χ3v) is 5.11. The summed E-state index contributed by atoms with van der Waals surface area (Å²) >= 11 is 0. The van der Waals surface area contributed by atoms with Gasteiger partial charge in [-0.3, -0.25) is 9.59 Å². The number of hydrogen-bond donors (Lipinski definition) is 0. The summed E-state index contributed by atoms with van der Waals surface area (Å²) in [5.74, 6) is 0.865. The van der Waals surface area contributed by atoms with E-state index < -0.39 is 0 Å². The molecule has 1 aliphatic heterocycles. The Morgan fingerprint density at radius 1 is 1.31 bits per heavy atom. The monoisotopic (exact) mass is 352 g/mol. The van der Waals surface area contributed by atoms with Gasteiger partial charge in [0.15, 0.2) is 0 Å². The van der Waals surface area contributed by atoms with E-state index in [1.165, 1.54) is 6.08 Å². The zero-order chi connectivity index (χ0) is 18.3. The number of amides is 2.